The van der Waals surface area contributed by atoms with Crippen LogP contribution in [0.1, 0.15) is 48.8 Å². The highest BCUT2D eigenvalue weighted by molar-refractivity contribution is 7.28. The molecule has 0 aliphatic heterocycles. The van der Waals surface area contributed by atoms with Crippen molar-refractivity contribution in [1.29, 1.82) is 5.26 Å². The van der Waals surface area contributed by atoms with Crippen LogP contribution in [-0.2, 0) is 0 Å². The van der Waals surface area contributed by atoms with Crippen molar-refractivity contribution in [2.45, 2.75) is 39.0 Å². The fourth-order valence-electron chi connectivity index (χ4n) is 1.80. The summed E-state index contributed by atoms with van der Waals surface area (Å²) in [5, 5.41) is 8.82. The first kappa shape index (κ1) is 11.6. The second-order valence-corrected chi connectivity index (χ2v) is 6.34. The molecule has 1 unspecified atom stereocenters. The van der Waals surface area contributed by atoms with Crippen molar-refractivity contribution >= 4 is 32.1 Å². The maximum atomic E-state index is 8.82. The number of hydrogen-bond donors (Lipinski definition) is 0. The van der Waals surface area contributed by atoms with Crippen LogP contribution in [0.2, 0.25) is 0 Å². The van der Waals surface area contributed by atoms with Gasteiger partial charge in [0.1, 0.15) is 10.9 Å². The quantitative estimate of drug-likeness (QED) is 0.737. The highest BCUT2D eigenvalue weighted by Gasteiger charge is 2.11. The van der Waals surface area contributed by atoms with Gasteiger partial charge in [-0.15, -0.1) is 22.7 Å². The van der Waals surface area contributed by atoms with Crippen molar-refractivity contribution in [3.8, 4) is 6.07 Å². The highest BCUT2D eigenvalue weighted by Crippen LogP contribution is 2.37. The number of rotatable bonds is 4. The molecule has 0 radical (unpaired) electrons. The van der Waals surface area contributed by atoms with E-state index in [9.17, 15) is 0 Å². The van der Waals surface area contributed by atoms with Gasteiger partial charge in [0.15, 0.2) is 0 Å². The lowest BCUT2D eigenvalue weighted by Crippen LogP contribution is -1.88. The van der Waals surface area contributed by atoms with Crippen LogP contribution >= 0.6 is 22.7 Å². The zero-order chi connectivity index (χ0) is 11.5. The standard InChI is InChI=1S/C13H15NS2/c1-3-4-5-9(2)11-7-13-12(16-11)6-10(8-14)15-13/h6-7,9H,3-5H2,1-2H3. The normalized spacial score (nSPS) is 12.8. The van der Waals surface area contributed by atoms with Gasteiger partial charge in [0, 0.05) is 14.3 Å². The molecule has 0 aliphatic rings. The monoisotopic (exact) mass is 249 g/mol. The van der Waals surface area contributed by atoms with E-state index < -0.39 is 0 Å². The summed E-state index contributed by atoms with van der Waals surface area (Å²) >= 11 is 3.46. The van der Waals surface area contributed by atoms with Crippen LogP contribution in [0.25, 0.3) is 9.40 Å². The SMILES string of the molecule is CCCCC(C)c1cc2sc(C#N)cc2s1. The lowest BCUT2D eigenvalue weighted by molar-refractivity contribution is 0.632. The summed E-state index contributed by atoms with van der Waals surface area (Å²) in [5.41, 5.74) is 0. The van der Waals surface area contributed by atoms with Crippen molar-refractivity contribution in [3.05, 3.63) is 21.9 Å². The minimum Gasteiger partial charge on any atom is -0.192 e. The van der Waals surface area contributed by atoms with Crippen molar-refractivity contribution in [2.75, 3.05) is 0 Å². The van der Waals surface area contributed by atoms with Crippen LogP contribution in [0.3, 0.4) is 0 Å². The summed E-state index contributed by atoms with van der Waals surface area (Å²) in [6, 6.07) is 6.49. The van der Waals surface area contributed by atoms with E-state index in [1.807, 2.05) is 17.4 Å². The average molecular weight is 249 g/mol. The Labute approximate surface area is 104 Å². The molecule has 0 aliphatic carbocycles. The Morgan fingerprint density at radius 3 is 2.69 bits per heavy atom. The zero-order valence-electron chi connectivity index (χ0n) is 9.62. The van der Waals surface area contributed by atoms with E-state index in [4.69, 9.17) is 5.26 Å². The van der Waals surface area contributed by atoms with Gasteiger partial charge in [0.2, 0.25) is 0 Å². The molecule has 2 aromatic rings. The average Bonchev–Trinajstić information content (AvgIpc) is 2.82. The Kier molecular flexibility index (Phi) is 3.63. The molecule has 0 N–H and O–H groups in total. The first-order valence-corrected chi connectivity index (χ1v) is 7.31. The summed E-state index contributed by atoms with van der Waals surface area (Å²) in [5.74, 6) is 0.662. The molecular weight excluding hydrogens is 234 g/mol. The predicted molar refractivity (Wildman–Crippen MR) is 72.4 cm³/mol. The maximum absolute atomic E-state index is 8.82. The first-order valence-electron chi connectivity index (χ1n) is 5.68. The molecule has 0 fully saturated rings. The fourth-order valence-corrected chi connectivity index (χ4v) is 4.09. The Balaban J connectivity index is 2.20. The van der Waals surface area contributed by atoms with E-state index in [1.54, 1.807) is 11.3 Å². The number of hydrogen-bond acceptors (Lipinski definition) is 3. The van der Waals surface area contributed by atoms with Gasteiger partial charge in [-0.3, -0.25) is 0 Å². The van der Waals surface area contributed by atoms with Gasteiger partial charge in [0.05, 0.1) is 0 Å². The van der Waals surface area contributed by atoms with E-state index in [1.165, 1.54) is 33.5 Å². The van der Waals surface area contributed by atoms with Gasteiger partial charge in [0.25, 0.3) is 0 Å². The molecule has 0 bridgehead atoms. The van der Waals surface area contributed by atoms with Crippen LogP contribution in [-0.4, -0.2) is 0 Å². The Morgan fingerprint density at radius 2 is 2.06 bits per heavy atom. The van der Waals surface area contributed by atoms with Crippen LogP contribution < -0.4 is 0 Å². The van der Waals surface area contributed by atoms with Crippen LogP contribution in [0.5, 0.6) is 0 Å². The van der Waals surface area contributed by atoms with Crippen molar-refractivity contribution in [3.63, 3.8) is 0 Å². The Morgan fingerprint density at radius 1 is 1.31 bits per heavy atom. The van der Waals surface area contributed by atoms with Crippen molar-refractivity contribution in [1.82, 2.24) is 0 Å². The summed E-state index contributed by atoms with van der Waals surface area (Å²) in [7, 11) is 0. The van der Waals surface area contributed by atoms with Gasteiger partial charge in [-0.1, -0.05) is 26.7 Å². The Bertz CT molecular complexity index is 484. The molecular formula is C13H15NS2. The number of nitriles is 1. The molecule has 2 heterocycles. The smallest absolute Gasteiger partial charge is 0.110 e. The van der Waals surface area contributed by atoms with Gasteiger partial charge in [-0.05, 0) is 24.5 Å². The van der Waals surface area contributed by atoms with Crippen molar-refractivity contribution < 1.29 is 0 Å². The third-order valence-electron chi connectivity index (χ3n) is 2.81. The van der Waals surface area contributed by atoms with E-state index in [-0.39, 0.29) is 0 Å². The summed E-state index contributed by atoms with van der Waals surface area (Å²) in [6.45, 7) is 4.54. The lowest BCUT2D eigenvalue weighted by atomic mass is 10.0. The van der Waals surface area contributed by atoms with Gasteiger partial charge in [-0.2, -0.15) is 5.26 Å². The van der Waals surface area contributed by atoms with Crippen molar-refractivity contribution in [2.24, 2.45) is 0 Å². The van der Waals surface area contributed by atoms with Gasteiger partial charge in [-0.25, -0.2) is 0 Å². The molecule has 16 heavy (non-hydrogen) atoms. The number of unbranched alkanes of at least 4 members (excludes halogenated alkanes) is 1. The summed E-state index contributed by atoms with van der Waals surface area (Å²) in [6.07, 6.45) is 3.84. The maximum Gasteiger partial charge on any atom is 0.110 e. The summed E-state index contributed by atoms with van der Waals surface area (Å²) < 4.78 is 2.56. The fraction of sp³-hybridized carbons (Fsp3) is 0.462. The molecule has 1 nitrogen and oxygen atoms in total. The van der Waals surface area contributed by atoms with Gasteiger partial charge < -0.3 is 0 Å². The predicted octanol–water partition coefficient (Wildman–Crippen LogP) is 5.13. The Hall–Kier alpha value is -0.850. The molecule has 0 amide bonds. The minimum absolute atomic E-state index is 0.662. The minimum atomic E-state index is 0.662. The third-order valence-corrected chi connectivity index (χ3v) is 5.24. The molecule has 0 aromatic carbocycles. The highest BCUT2D eigenvalue weighted by atomic mass is 32.1. The molecule has 0 saturated heterocycles. The second-order valence-electron chi connectivity index (χ2n) is 4.14. The number of fused-ring (bicyclic) bond motifs is 1. The number of nitrogens with zero attached hydrogens (tertiary/aromatic N) is 1. The molecule has 3 heteroatoms. The van der Waals surface area contributed by atoms with Crippen LogP contribution in [0.4, 0.5) is 0 Å². The molecule has 2 aromatic heterocycles. The zero-order valence-corrected chi connectivity index (χ0v) is 11.3. The molecule has 0 saturated carbocycles. The van der Waals surface area contributed by atoms with E-state index in [0.29, 0.717) is 5.92 Å². The summed E-state index contributed by atoms with van der Waals surface area (Å²) in [4.78, 5) is 2.30. The molecule has 84 valence electrons. The van der Waals surface area contributed by atoms with E-state index in [0.717, 1.165) is 4.88 Å². The lowest BCUT2D eigenvalue weighted by Gasteiger charge is -2.06. The first-order chi connectivity index (χ1) is 7.74. The molecule has 1 atom stereocenters. The molecule has 2 rings (SSSR count). The topological polar surface area (TPSA) is 23.8 Å². The largest absolute Gasteiger partial charge is 0.192 e. The van der Waals surface area contributed by atoms with Crippen LogP contribution in [0, 0.1) is 11.3 Å². The van der Waals surface area contributed by atoms with E-state index >= 15 is 0 Å². The van der Waals surface area contributed by atoms with E-state index in [2.05, 4.69) is 26.0 Å². The molecule has 0 spiro atoms. The number of thiophene rings is 2. The van der Waals surface area contributed by atoms with Crippen LogP contribution in [0.15, 0.2) is 12.1 Å². The second kappa shape index (κ2) is 4.99. The van der Waals surface area contributed by atoms with Gasteiger partial charge >= 0.3 is 0 Å². The third kappa shape index (κ3) is 2.28.